The summed E-state index contributed by atoms with van der Waals surface area (Å²) in [5.74, 6) is 1.69. The summed E-state index contributed by atoms with van der Waals surface area (Å²) >= 11 is 0. The fourth-order valence-corrected chi connectivity index (χ4v) is 2.17. The lowest BCUT2D eigenvalue weighted by atomic mass is 10.0. The molecule has 2 aromatic rings. The molecule has 1 atom stereocenters. The third-order valence-corrected chi connectivity index (χ3v) is 3.06. The molecule has 0 aliphatic carbocycles. The number of hydrogen-bond donors (Lipinski definition) is 1. The number of hydrogen-bond acceptors (Lipinski definition) is 4. The van der Waals surface area contributed by atoms with Gasteiger partial charge in [-0.25, -0.2) is 0 Å². The minimum atomic E-state index is 0.0243. The first-order valence-corrected chi connectivity index (χ1v) is 6.02. The van der Waals surface area contributed by atoms with Crippen molar-refractivity contribution in [2.24, 2.45) is 7.05 Å². The zero-order valence-corrected chi connectivity index (χ0v) is 11.2. The van der Waals surface area contributed by atoms with Gasteiger partial charge >= 0.3 is 0 Å². The molecular formula is C13H19N3O2. The topological polar surface area (TPSA) is 52.2 Å². The van der Waals surface area contributed by atoms with Gasteiger partial charge in [0.05, 0.1) is 25.6 Å². The van der Waals surface area contributed by atoms with Crippen molar-refractivity contribution >= 4 is 0 Å². The van der Waals surface area contributed by atoms with Crippen LogP contribution in [0.3, 0.4) is 0 Å². The molecule has 18 heavy (non-hydrogen) atoms. The van der Waals surface area contributed by atoms with Gasteiger partial charge in [0.2, 0.25) is 0 Å². The van der Waals surface area contributed by atoms with Crippen LogP contribution < -0.4 is 10.1 Å². The van der Waals surface area contributed by atoms with Crippen LogP contribution in [0.4, 0.5) is 0 Å². The first kappa shape index (κ1) is 12.7. The highest BCUT2D eigenvalue weighted by Crippen LogP contribution is 2.31. The van der Waals surface area contributed by atoms with Crippen molar-refractivity contribution in [3.8, 4) is 5.75 Å². The van der Waals surface area contributed by atoms with Crippen LogP contribution in [0.25, 0.3) is 0 Å². The number of methoxy groups -OCH3 is 1. The molecule has 5 nitrogen and oxygen atoms in total. The van der Waals surface area contributed by atoms with Crippen molar-refractivity contribution in [1.29, 1.82) is 0 Å². The molecule has 2 aromatic heterocycles. The largest absolute Gasteiger partial charge is 0.493 e. The summed E-state index contributed by atoms with van der Waals surface area (Å²) in [5, 5.41) is 7.69. The van der Waals surface area contributed by atoms with Crippen molar-refractivity contribution in [2.75, 3.05) is 13.7 Å². The van der Waals surface area contributed by atoms with Crippen LogP contribution in [-0.4, -0.2) is 23.4 Å². The molecule has 0 fully saturated rings. The van der Waals surface area contributed by atoms with Gasteiger partial charge in [0.15, 0.2) is 5.75 Å². The van der Waals surface area contributed by atoms with Crippen LogP contribution >= 0.6 is 0 Å². The number of nitrogens with zero attached hydrogens (tertiary/aromatic N) is 2. The minimum absolute atomic E-state index is 0.0243. The summed E-state index contributed by atoms with van der Waals surface area (Å²) in [6, 6.07) is 2.01. The second kappa shape index (κ2) is 5.27. The van der Waals surface area contributed by atoms with E-state index in [-0.39, 0.29) is 6.04 Å². The van der Waals surface area contributed by atoms with Gasteiger partial charge in [-0.15, -0.1) is 0 Å². The van der Waals surface area contributed by atoms with Crippen molar-refractivity contribution < 1.29 is 9.15 Å². The number of nitrogens with one attached hydrogen (secondary N) is 1. The van der Waals surface area contributed by atoms with Gasteiger partial charge < -0.3 is 14.5 Å². The van der Waals surface area contributed by atoms with Gasteiger partial charge in [0, 0.05) is 12.6 Å². The fourth-order valence-electron chi connectivity index (χ4n) is 2.17. The molecular weight excluding hydrogens is 230 g/mol. The molecule has 0 spiro atoms. The summed E-state index contributed by atoms with van der Waals surface area (Å²) in [6.07, 6.45) is 3.44. The van der Waals surface area contributed by atoms with Crippen molar-refractivity contribution in [3.05, 3.63) is 35.5 Å². The van der Waals surface area contributed by atoms with Gasteiger partial charge in [-0.3, -0.25) is 4.68 Å². The van der Waals surface area contributed by atoms with E-state index < -0.39 is 0 Å². The van der Waals surface area contributed by atoms with E-state index in [4.69, 9.17) is 9.15 Å². The quantitative estimate of drug-likeness (QED) is 0.881. The molecule has 0 aliphatic rings. The van der Waals surface area contributed by atoms with Crippen LogP contribution in [-0.2, 0) is 7.05 Å². The average Bonchev–Trinajstić information content (AvgIpc) is 2.93. The smallest absolute Gasteiger partial charge is 0.161 e. The second-order valence-electron chi connectivity index (χ2n) is 4.14. The molecule has 0 bridgehead atoms. The number of aryl methyl sites for hydroxylation is 2. The molecule has 5 heteroatoms. The molecule has 98 valence electrons. The zero-order valence-electron chi connectivity index (χ0n) is 11.2. The average molecular weight is 249 g/mol. The normalized spacial score (nSPS) is 12.7. The van der Waals surface area contributed by atoms with Crippen LogP contribution in [0.2, 0.25) is 0 Å². The highest BCUT2D eigenvalue weighted by Gasteiger charge is 2.24. The third kappa shape index (κ3) is 2.13. The van der Waals surface area contributed by atoms with Gasteiger partial charge in [-0.2, -0.15) is 5.10 Å². The van der Waals surface area contributed by atoms with E-state index in [0.717, 1.165) is 29.3 Å². The lowest BCUT2D eigenvalue weighted by molar-refractivity contribution is 0.400. The Bertz CT molecular complexity index is 516. The zero-order chi connectivity index (χ0) is 13.1. The van der Waals surface area contributed by atoms with Gasteiger partial charge in [-0.05, 0) is 19.5 Å². The third-order valence-electron chi connectivity index (χ3n) is 3.06. The summed E-state index contributed by atoms with van der Waals surface area (Å²) < 4.78 is 12.6. The van der Waals surface area contributed by atoms with Crippen LogP contribution in [0, 0.1) is 6.92 Å². The fraction of sp³-hybridized carbons (Fsp3) is 0.462. The van der Waals surface area contributed by atoms with E-state index in [0.29, 0.717) is 0 Å². The Balaban J connectivity index is 2.47. The van der Waals surface area contributed by atoms with Crippen molar-refractivity contribution in [2.45, 2.75) is 19.9 Å². The Labute approximate surface area is 107 Å². The highest BCUT2D eigenvalue weighted by atomic mass is 16.5. The molecule has 0 amide bonds. The molecule has 2 heterocycles. The first-order valence-electron chi connectivity index (χ1n) is 6.02. The SMILES string of the molecule is CCNC(c1ccoc1C)c1c(OC)cnn1C. The van der Waals surface area contributed by atoms with E-state index in [1.807, 2.05) is 24.7 Å². The van der Waals surface area contributed by atoms with E-state index in [1.165, 1.54) is 0 Å². The Morgan fingerprint density at radius 3 is 2.89 bits per heavy atom. The highest BCUT2D eigenvalue weighted by molar-refractivity contribution is 5.37. The van der Waals surface area contributed by atoms with Crippen LogP contribution in [0.1, 0.15) is 30.0 Å². The van der Waals surface area contributed by atoms with E-state index in [9.17, 15) is 0 Å². The van der Waals surface area contributed by atoms with E-state index in [2.05, 4.69) is 17.3 Å². The standard InChI is InChI=1S/C13H19N3O2/c1-5-14-12(10-6-7-18-9(10)2)13-11(17-4)8-15-16(13)3/h6-8,12,14H,5H2,1-4H3. The monoisotopic (exact) mass is 249 g/mol. The molecule has 0 saturated heterocycles. The molecule has 0 saturated carbocycles. The van der Waals surface area contributed by atoms with Gasteiger partial charge in [0.1, 0.15) is 11.5 Å². The summed E-state index contributed by atoms with van der Waals surface area (Å²) in [6.45, 7) is 4.89. The number of furan rings is 1. The molecule has 0 aliphatic heterocycles. The number of rotatable bonds is 5. The Hall–Kier alpha value is -1.75. The Kier molecular flexibility index (Phi) is 3.72. The second-order valence-corrected chi connectivity index (χ2v) is 4.14. The van der Waals surface area contributed by atoms with Crippen molar-refractivity contribution in [3.63, 3.8) is 0 Å². The Morgan fingerprint density at radius 1 is 1.56 bits per heavy atom. The van der Waals surface area contributed by atoms with E-state index >= 15 is 0 Å². The molecule has 2 rings (SSSR count). The molecule has 0 radical (unpaired) electrons. The maximum Gasteiger partial charge on any atom is 0.161 e. The lowest BCUT2D eigenvalue weighted by Crippen LogP contribution is -2.25. The lowest BCUT2D eigenvalue weighted by Gasteiger charge is -2.19. The number of ether oxygens (including phenoxy) is 1. The van der Waals surface area contributed by atoms with Crippen LogP contribution in [0.5, 0.6) is 5.75 Å². The number of aromatic nitrogens is 2. The summed E-state index contributed by atoms with van der Waals surface area (Å²) in [4.78, 5) is 0. The van der Waals surface area contributed by atoms with E-state index in [1.54, 1.807) is 19.6 Å². The minimum Gasteiger partial charge on any atom is -0.493 e. The maximum absolute atomic E-state index is 5.39. The van der Waals surface area contributed by atoms with Gasteiger partial charge in [0.25, 0.3) is 0 Å². The maximum atomic E-state index is 5.39. The molecule has 1 unspecified atom stereocenters. The van der Waals surface area contributed by atoms with Crippen LogP contribution in [0.15, 0.2) is 22.9 Å². The predicted molar refractivity (Wildman–Crippen MR) is 68.7 cm³/mol. The molecule has 1 N–H and O–H groups in total. The first-order chi connectivity index (χ1) is 8.69. The van der Waals surface area contributed by atoms with Crippen molar-refractivity contribution in [1.82, 2.24) is 15.1 Å². The molecule has 0 aromatic carbocycles. The Morgan fingerprint density at radius 2 is 2.33 bits per heavy atom. The summed E-state index contributed by atoms with van der Waals surface area (Å²) in [7, 11) is 3.57. The van der Waals surface area contributed by atoms with Gasteiger partial charge in [-0.1, -0.05) is 6.92 Å². The summed E-state index contributed by atoms with van der Waals surface area (Å²) in [5.41, 5.74) is 2.11. The predicted octanol–water partition coefficient (Wildman–Crippen LogP) is 2.03.